The highest BCUT2D eigenvalue weighted by Gasteiger charge is 2.32. The van der Waals surface area contributed by atoms with Gasteiger partial charge in [-0.3, -0.25) is 0 Å². The van der Waals surface area contributed by atoms with E-state index in [4.69, 9.17) is 0 Å². The predicted octanol–water partition coefficient (Wildman–Crippen LogP) is 2.39. The van der Waals surface area contributed by atoms with Crippen LogP contribution in [0.1, 0.15) is 50.3 Å². The smallest absolute Gasteiger partial charge is 0.190 e. The Hall–Kier alpha value is -0.560. The topological polar surface area (TPSA) is 64.8 Å². The second-order valence-electron chi connectivity index (χ2n) is 6.31. The number of hydrogen-bond acceptors (Lipinski definition) is 5. The maximum atomic E-state index is 11.6. The molecular formula is C14H23N3O2S2. The van der Waals surface area contributed by atoms with Crippen molar-refractivity contribution >= 4 is 21.6 Å². The van der Waals surface area contributed by atoms with E-state index in [2.05, 4.69) is 10.2 Å². The van der Waals surface area contributed by atoms with Crippen LogP contribution >= 0.6 is 11.8 Å². The van der Waals surface area contributed by atoms with Gasteiger partial charge in [0, 0.05) is 18.7 Å². The molecule has 1 aliphatic heterocycles. The Balaban J connectivity index is 1.62. The van der Waals surface area contributed by atoms with Crippen molar-refractivity contribution in [1.82, 2.24) is 14.8 Å². The van der Waals surface area contributed by atoms with Gasteiger partial charge in [-0.2, -0.15) is 0 Å². The molecule has 21 heavy (non-hydrogen) atoms. The van der Waals surface area contributed by atoms with E-state index in [1.165, 1.54) is 32.1 Å². The summed E-state index contributed by atoms with van der Waals surface area (Å²) in [6.07, 6.45) is 7.44. The number of hydrogen-bond donors (Lipinski definition) is 0. The number of rotatable bonds is 4. The Labute approximate surface area is 130 Å². The quantitative estimate of drug-likeness (QED) is 0.794. The molecule has 2 heterocycles. The normalized spacial score (nSPS) is 26.2. The highest BCUT2D eigenvalue weighted by atomic mass is 32.2. The van der Waals surface area contributed by atoms with Gasteiger partial charge in [-0.1, -0.05) is 31.0 Å². The molecule has 2 aliphatic rings. The van der Waals surface area contributed by atoms with Crippen LogP contribution in [0.15, 0.2) is 5.16 Å². The first-order valence-electron chi connectivity index (χ1n) is 7.78. The lowest BCUT2D eigenvalue weighted by Gasteiger charge is -2.20. The van der Waals surface area contributed by atoms with Crippen molar-refractivity contribution < 1.29 is 8.42 Å². The molecule has 0 amide bonds. The molecular weight excluding hydrogens is 306 g/mol. The van der Waals surface area contributed by atoms with E-state index < -0.39 is 9.84 Å². The van der Waals surface area contributed by atoms with Crippen LogP contribution in [0.5, 0.6) is 0 Å². The van der Waals surface area contributed by atoms with Gasteiger partial charge in [0.05, 0.1) is 11.5 Å². The van der Waals surface area contributed by atoms with Crippen LogP contribution in [0.25, 0.3) is 0 Å². The summed E-state index contributed by atoms with van der Waals surface area (Å²) in [6, 6.07) is 0. The molecule has 5 nitrogen and oxygen atoms in total. The Morgan fingerprint density at radius 2 is 1.95 bits per heavy atom. The summed E-state index contributed by atoms with van der Waals surface area (Å²) in [7, 11) is -0.907. The molecule has 1 saturated heterocycles. The maximum absolute atomic E-state index is 11.6. The molecule has 1 saturated carbocycles. The van der Waals surface area contributed by atoms with Crippen LogP contribution in [0.2, 0.25) is 0 Å². The third-order valence-electron chi connectivity index (χ3n) is 4.64. The fraction of sp³-hybridized carbons (Fsp3) is 0.857. The van der Waals surface area contributed by atoms with Crippen molar-refractivity contribution in [1.29, 1.82) is 0 Å². The number of nitrogens with zero attached hydrogens (tertiary/aromatic N) is 3. The summed E-state index contributed by atoms with van der Waals surface area (Å²) < 4.78 is 25.2. The predicted molar refractivity (Wildman–Crippen MR) is 84.3 cm³/mol. The minimum Gasteiger partial charge on any atom is -0.309 e. The first kappa shape index (κ1) is 15.3. The largest absolute Gasteiger partial charge is 0.309 e. The lowest BCUT2D eigenvalue weighted by Crippen LogP contribution is -2.10. The summed E-state index contributed by atoms with van der Waals surface area (Å²) in [4.78, 5) is 0. The van der Waals surface area contributed by atoms with Crippen molar-refractivity contribution in [2.75, 3.05) is 17.3 Å². The molecule has 1 unspecified atom stereocenters. The Kier molecular flexibility index (Phi) is 4.59. The van der Waals surface area contributed by atoms with Crippen LogP contribution < -0.4 is 0 Å². The lowest BCUT2D eigenvalue weighted by atomic mass is 9.91. The summed E-state index contributed by atoms with van der Waals surface area (Å²) in [5, 5.41) is 9.46. The number of aromatic nitrogens is 3. The summed E-state index contributed by atoms with van der Waals surface area (Å²) in [6.45, 7) is 0. The zero-order valence-corrected chi connectivity index (χ0v) is 14.1. The zero-order chi connectivity index (χ0) is 14.9. The van der Waals surface area contributed by atoms with Crippen molar-refractivity contribution in [3.05, 3.63) is 5.82 Å². The molecule has 1 aromatic heterocycles. The first-order valence-corrected chi connectivity index (χ1v) is 10.6. The fourth-order valence-electron chi connectivity index (χ4n) is 3.35. The fourth-order valence-corrected chi connectivity index (χ4v) is 6.20. The molecule has 3 rings (SSSR count). The molecule has 0 aromatic carbocycles. The maximum Gasteiger partial charge on any atom is 0.190 e. The summed E-state index contributed by atoms with van der Waals surface area (Å²) >= 11 is 1.77. The molecule has 1 atom stereocenters. The molecule has 0 bridgehead atoms. The zero-order valence-electron chi connectivity index (χ0n) is 12.5. The van der Waals surface area contributed by atoms with E-state index >= 15 is 0 Å². The van der Waals surface area contributed by atoms with Crippen molar-refractivity contribution in [2.24, 2.45) is 13.0 Å². The summed E-state index contributed by atoms with van der Waals surface area (Å²) in [5.41, 5.74) is 0. The van der Waals surface area contributed by atoms with Gasteiger partial charge in [-0.25, -0.2) is 8.42 Å². The first-order chi connectivity index (χ1) is 10.1. The summed E-state index contributed by atoms with van der Waals surface area (Å²) in [5.74, 6) is 3.28. The Bertz CT molecular complexity index is 591. The van der Waals surface area contributed by atoms with E-state index in [1.807, 2.05) is 11.6 Å². The molecule has 1 aliphatic carbocycles. The molecule has 7 heteroatoms. The van der Waals surface area contributed by atoms with Gasteiger partial charge in [-0.05, 0) is 25.2 Å². The van der Waals surface area contributed by atoms with Gasteiger partial charge in [0.1, 0.15) is 5.82 Å². The lowest BCUT2D eigenvalue weighted by molar-refractivity contribution is 0.390. The molecule has 2 fully saturated rings. The van der Waals surface area contributed by atoms with Gasteiger partial charge in [0.25, 0.3) is 0 Å². The molecule has 0 spiro atoms. The van der Waals surface area contributed by atoms with Crippen molar-refractivity contribution in [3.63, 3.8) is 0 Å². The van der Waals surface area contributed by atoms with Gasteiger partial charge in [-0.15, -0.1) is 10.2 Å². The molecule has 1 aromatic rings. The van der Waals surface area contributed by atoms with E-state index in [-0.39, 0.29) is 17.4 Å². The van der Waals surface area contributed by atoms with Gasteiger partial charge < -0.3 is 4.57 Å². The highest BCUT2D eigenvalue weighted by Crippen LogP contribution is 2.32. The molecule has 0 N–H and O–H groups in total. The van der Waals surface area contributed by atoms with E-state index in [0.29, 0.717) is 6.42 Å². The van der Waals surface area contributed by atoms with Crippen molar-refractivity contribution in [2.45, 2.75) is 49.6 Å². The minimum atomic E-state index is -2.87. The average Bonchev–Trinajstić information content (AvgIpc) is 3.00. The number of sulfone groups is 1. The minimum absolute atomic E-state index is 0.0246. The molecule has 0 radical (unpaired) electrons. The van der Waals surface area contributed by atoms with Gasteiger partial charge in [0.2, 0.25) is 0 Å². The van der Waals surface area contributed by atoms with Gasteiger partial charge in [0.15, 0.2) is 15.0 Å². The van der Waals surface area contributed by atoms with E-state index in [1.54, 1.807) is 11.8 Å². The van der Waals surface area contributed by atoms with Crippen LogP contribution in [-0.2, 0) is 16.9 Å². The van der Waals surface area contributed by atoms with E-state index in [9.17, 15) is 8.42 Å². The van der Waals surface area contributed by atoms with E-state index in [0.717, 1.165) is 22.7 Å². The second kappa shape index (κ2) is 6.28. The monoisotopic (exact) mass is 329 g/mol. The number of thioether (sulfide) groups is 1. The Morgan fingerprint density at radius 3 is 2.62 bits per heavy atom. The molecule has 118 valence electrons. The standard InChI is InChI=1S/C14H23N3O2S2/c1-17-13(12-7-8-21(18,19)10-12)15-16-14(17)20-9-11-5-3-2-4-6-11/h11-12H,2-10H2,1H3. The van der Waals surface area contributed by atoms with Crippen LogP contribution in [0, 0.1) is 5.92 Å². The van der Waals surface area contributed by atoms with Crippen LogP contribution in [0.3, 0.4) is 0 Å². The second-order valence-corrected chi connectivity index (χ2v) is 9.53. The van der Waals surface area contributed by atoms with Gasteiger partial charge >= 0.3 is 0 Å². The highest BCUT2D eigenvalue weighted by molar-refractivity contribution is 7.99. The van der Waals surface area contributed by atoms with Crippen LogP contribution in [-0.4, -0.2) is 40.4 Å². The van der Waals surface area contributed by atoms with Crippen LogP contribution in [0.4, 0.5) is 0 Å². The Morgan fingerprint density at radius 1 is 1.19 bits per heavy atom. The van der Waals surface area contributed by atoms with Crippen molar-refractivity contribution in [3.8, 4) is 0 Å². The third-order valence-corrected chi connectivity index (χ3v) is 7.66. The SMILES string of the molecule is Cn1c(SCC2CCCCC2)nnc1C1CCS(=O)(=O)C1. The average molecular weight is 329 g/mol. The third kappa shape index (κ3) is 3.62.